The van der Waals surface area contributed by atoms with Crippen molar-refractivity contribution in [2.45, 2.75) is 5.16 Å². The van der Waals surface area contributed by atoms with Crippen LogP contribution in [0.25, 0.3) is 11.0 Å². The molecule has 0 radical (unpaired) electrons. The highest BCUT2D eigenvalue weighted by molar-refractivity contribution is 9.10. The number of ketones is 1. The second kappa shape index (κ2) is 6.54. The van der Waals surface area contributed by atoms with Gasteiger partial charge >= 0.3 is 0 Å². The van der Waals surface area contributed by atoms with Crippen molar-refractivity contribution in [1.82, 2.24) is 9.97 Å². The first-order valence-corrected chi connectivity index (χ1v) is 8.39. The highest BCUT2D eigenvalue weighted by Gasteiger charge is 2.10. The molecule has 1 N–H and O–H groups in total. The number of H-pyrrole nitrogens is 1. The van der Waals surface area contributed by atoms with Crippen molar-refractivity contribution < 1.29 is 9.53 Å². The molecule has 22 heavy (non-hydrogen) atoms. The molecule has 2 aromatic carbocycles. The van der Waals surface area contributed by atoms with Gasteiger partial charge in [-0.25, -0.2) is 4.98 Å². The number of ether oxygens (including phenoxy) is 1. The molecule has 3 rings (SSSR count). The van der Waals surface area contributed by atoms with Gasteiger partial charge in [-0.05, 0) is 24.3 Å². The van der Waals surface area contributed by atoms with Crippen molar-refractivity contribution in [3.63, 3.8) is 0 Å². The number of fused-ring (bicyclic) bond motifs is 1. The number of hydrogen-bond donors (Lipinski definition) is 1. The van der Waals surface area contributed by atoms with Gasteiger partial charge in [-0.2, -0.15) is 0 Å². The number of aromatic amines is 1. The maximum atomic E-state index is 12.2. The number of hydrogen-bond acceptors (Lipinski definition) is 4. The monoisotopic (exact) mass is 376 g/mol. The lowest BCUT2D eigenvalue weighted by molar-refractivity contribution is 0.102. The zero-order valence-corrected chi connectivity index (χ0v) is 14.2. The van der Waals surface area contributed by atoms with Gasteiger partial charge in [0.1, 0.15) is 5.75 Å². The molecule has 0 saturated heterocycles. The summed E-state index contributed by atoms with van der Waals surface area (Å²) in [4.78, 5) is 19.8. The van der Waals surface area contributed by atoms with Crippen LogP contribution in [0.3, 0.4) is 0 Å². The van der Waals surface area contributed by atoms with Crippen LogP contribution in [0.4, 0.5) is 0 Å². The summed E-state index contributed by atoms with van der Waals surface area (Å²) in [5.41, 5.74) is 2.45. The van der Waals surface area contributed by atoms with Gasteiger partial charge in [0.15, 0.2) is 10.9 Å². The van der Waals surface area contributed by atoms with E-state index >= 15 is 0 Å². The number of aromatic nitrogens is 2. The van der Waals surface area contributed by atoms with Crippen LogP contribution in [0, 0.1) is 0 Å². The maximum absolute atomic E-state index is 12.2. The molecule has 0 aliphatic carbocycles. The van der Waals surface area contributed by atoms with Gasteiger partial charge in [0.25, 0.3) is 0 Å². The Kier molecular flexibility index (Phi) is 4.49. The fraction of sp³-hybridized carbons (Fsp3) is 0.125. The zero-order chi connectivity index (χ0) is 15.5. The fourth-order valence-electron chi connectivity index (χ4n) is 2.04. The summed E-state index contributed by atoms with van der Waals surface area (Å²) >= 11 is 4.77. The number of thioether (sulfide) groups is 1. The molecule has 0 saturated carbocycles. The Hall–Kier alpha value is -1.79. The quantitative estimate of drug-likeness (QED) is 0.532. The van der Waals surface area contributed by atoms with Crippen molar-refractivity contribution in [3.8, 4) is 5.75 Å². The van der Waals surface area contributed by atoms with Crippen LogP contribution in [0.5, 0.6) is 5.75 Å². The van der Waals surface area contributed by atoms with Crippen LogP contribution in [0.2, 0.25) is 0 Å². The second-order valence-corrected chi connectivity index (χ2v) is 6.53. The number of carbonyl (C=O) groups is 1. The van der Waals surface area contributed by atoms with E-state index in [1.807, 2.05) is 42.5 Å². The normalized spacial score (nSPS) is 10.8. The summed E-state index contributed by atoms with van der Waals surface area (Å²) in [5.74, 6) is 1.19. The average molecular weight is 377 g/mol. The number of methoxy groups -OCH3 is 1. The summed E-state index contributed by atoms with van der Waals surface area (Å²) in [7, 11) is 1.63. The third kappa shape index (κ3) is 3.34. The number of carbonyl (C=O) groups excluding carboxylic acids is 1. The Bertz CT molecular complexity index is 832. The number of imidazole rings is 1. The molecule has 3 aromatic rings. The predicted molar refractivity (Wildman–Crippen MR) is 91.8 cm³/mol. The predicted octanol–water partition coefficient (Wildman–Crippen LogP) is 4.31. The molecule has 0 spiro atoms. The highest BCUT2D eigenvalue weighted by atomic mass is 79.9. The lowest BCUT2D eigenvalue weighted by Crippen LogP contribution is -2.02. The molecule has 4 nitrogen and oxygen atoms in total. The third-order valence-electron chi connectivity index (χ3n) is 3.15. The third-order valence-corrected chi connectivity index (χ3v) is 4.52. The van der Waals surface area contributed by atoms with E-state index in [9.17, 15) is 4.79 Å². The van der Waals surface area contributed by atoms with Crippen molar-refractivity contribution in [1.29, 1.82) is 0 Å². The van der Waals surface area contributed by atoms with E-state index in [0.717, 1.165) is 26.4 Å². The van der Waals surface area contributed by atoms with E-state index < -0.39 is 0 Å². The van der Waals surface area contributed by atoms with Crippen molar-refractivity contribution in [2.75, 3.05) is 12.9 Å². The Balaban J connectivity index is 1.72. The van der Waals surface area contributed by atoms with E-state index in [0.29, 0.717) is 11.3 Å². The van der Waals surface area contributed by atoms with Crippen LogP contribution in [0.1, 0.15) is 10.4 Å². The number of nitrogens with one attached hydrogen (secondary N) is 1. The molecule has 1 heterocycles. The number of benzene rings is 2. The molecule has 1 aromatic heterocycles. The molecule has 0 atom stereocenters. The van der Waals surface area contributed by atoms with Crippen LogP contribution in [-0.4, -0.2) is 28.6 Å². The number of rotatable bonds is 5. The molecule has 112 valence electrons. The lowest BCUT2D eigenvalue weighted by atomic mass is 10.2. The first-order valence-electron chi connectivity index (χ1n) is 6.61. The molecule has 6 heteroatoms. The maximum Gasteiger partial charge on any atom is 0.173 e. The zero-order valence-electron chi connectivity index (χ0n) is 11.8. The minimum Gasteiger partial charge on any atom is -0.497 e. The van der Waals surface area contributed by atoms with Crippen LogP contribution < -0.4 is 4.74 Å². The van der Waals surface area contributed by atoms with Crippen molar-refractivity contribution >= 4 is 44.5 Å². The van der Waals surface area contributed by atoms with E-state index in [2.05, 4.69) is 25.9 Å². The minimum absolute atomic E-state index is 0.0735. The first kappa shape index (κ1) is 15.1. The molecule has 0 unspecified atom stereocenters. The summed E-state index contributed by atoms with van der Waals surface area (Å²) in [6.07, 6.45) is 0. The van der Waals surface area contributed by atoms with Gasteiger partial charge in [0.05, 0.1) is 23.9 Å². The van der Waals surface area contributed by atoms with Crippen LogP contribution >= 0.6 is 27.7 Å². The van der Waals surface area contributed by atoms with Crippen molar-refractivity contribution in [2.24, 2.45) is 0 Å². The second-order valence-electron chi connectivity index (χ2n) is 4.65. The Morgan fingerprint density at radius 3 is 2.95 bits per heavy atom. The van der Waals surface area contributed by atoms with Gasteiger partial charge < -0.3 is 9.72 Å². The first-order chi connectivity index (χ1) is 10.7. The van der Waals surface area contributed by atoms with E-state index in [4.69, 9.17) is 4.74 Å². The summed E-state index contributed by atoms with van der Waals surface area (Å²) in [6.45, 7) is 0. The Morgan fingerprint density at radius 2 is 2.18 bits per heavy atom. The molecular weight excluding hydrogens is 364 g/mol. The smallest absolute Gasteiger partial charge is 0.173 e. The average Bonchev–Trinajstić information content (AvgIpc) is 2.94. The lowest BCUT2D eigenvalue weighted by Gasteiger charge is -2.00. The highest BCUT2D eigenvalue weighted by Crippen LogP contribution is 2.24. The molecule has 0 amide bonds. The summed E-state index contributed by atoms with van der Waals surface area (Å²) in [5, 5.41) is 0.728. The summed E-state index contributed by atoms with van der Waals surface area (Å²) < 4.78 is 6.09. The van der Waals surface area contributed by atoms with E-state index in [1.54, 1.807) is 7.11 Å². The van der Waals surface area contributed by atoms with E-state index in [1.165, 1.54) is 11.8 Å². The molecule has 0 bridgehead atoms. The van der Waals surface area contributed by atoms with Gasteiger partial charge in [0.2, 0.25) is 0 Å². The molecule has 0 aliphatic rings. The molecule has 0 fully saturated rings. The number of nitrogens with zero attached hydrogens (tertiary/aromatic N) is 1. The Morgan fingerprint density at radius 1 is 1.32 bits per heavy atom. The standard InChI is InChI=1S/C16H13BrN2O2S/c1-21-12-5-6-13-14(8-12)19-16(18-13)22-9-15(20)10-3-2-4-11(17)7-10/h2-8H,9H2,1H3,(H,18,19). The number of halogens is 1. The van der Waals surface area contributed by atoms with E-state index in [-0.39, 0.29) is 5.78 Å². The van der Waals surface area contributed by atoms with Gasteiger partial charge in [0, 0.05) is 16.1 Å². The minimum atomic E-state index is 0.0735. The molecule has 0 aliphatic heterocycles. The SMILES string of the molecule is COc1ccc2nc(SCC(=O)c3cccc(Br)c3)[nH]c2c1. The van der Waals surface area contributed by atoms with Crippen LogP contribution in [-0.2, 0) is 0 Å². The van der Waals surface area contributed by atoms with Gasteiger partial charge in [-0.15, -0.1) is 0 Å². The Labute approximate surface area is 140 Å². The topological polar surface area (TPSA) is 55.0 Å². The largest absolute Gasteiger partial charge is 0.497 e. The number of Topliss-reactive ketones (excluding diaryl/α,β-unsaturated/α-hetero) is 1. The fourth-order valence-corrected chi connectivity index (χ4v) is 3.22. The summed E-state index contributed by atoms with van der Waals surface area (Å²) in [6, 6.07) is 13.0. The van der Waals surface area contributed by atoms with Gasteiger partial charge in [-0.1, -0.05) is 39.8 Å². The van der Waals surface area contributed by atoms with Crippen LogP contribution in [0.15, 0.2) is 52.1 Å². The van der Waals surface area contributed by atoms with Gasteiger partial charge in [-0.3, -0.25) is 4.79 Å². The van der Waals surface area contributed by atoms with Crippen molar-refractivity contribution in [3.05, 3.63) is 52.5 Å². The molecular formula is C16H13BrN2O2S.